The van der Waals surface area contributed by atoms with Crippen molar-refractivity contribution in [2.24, 2.45) is 9.98 Å². The Kier molecular flexibility index (Phi) is 7.38. The van der Waals surface area contributed by atoms with E-state index in [1.165, 1.54) is 11.1 Å². The lowest BCUT2D eigenvalue weighted by molar-refractivity contribution is 0.473. The zero-order valence-electron chi connectivity index (χ0n) is 19.7. The fourth-order valence-electron chi connectivity index (χ4n) is 4.00. The molecule has 0 heterocycles. The minimum atomic E-state index is 0.201. The topological polar surface area (TPSA) is 65.2 Å². The van der Waals surface area contributed by atoms with Gasteiger partial charge in [0.25, 0.3) is 0 Å². The van der Waals surface area contributed by atoms with E-state index in [1.807, 2.05) is 60.7 Å². The maximum absolute atomic E-state index is 10.3. The maximum atomic E-state index is 10.3. The normalized spacial score (nSPS) is 11.7. The molecule has 34 heavy (non-hydrogen) atoms. The van der Waals surface area contributed by atoms with Gasteiger partial charge in [0.15, 0.2) is 0 Å². The van der Waals surface area contributed by atoms with Crippen LogP contribution in [0.3, 0.4) is 0 Å². The molecule has 0 bridgehead atoms. The van der Waals surface area contributed by atoms with Crippen LogP contribution in [0.4, 0.5) is 11.4 Å². The predicted molar refractivity (Wildman–Crippen MR) is 143 cm³/mol. The third-order valence-electron chi connectivity index (χ3n) is 5.79. The molecule has 0 aliphatic rings. The first-order valence-electron chi connectivity index (χ1n) is 11.8. The van der Waals surface area contributed by atoms with Gasteiger partial charge in [-0.2, -0.15) is 0 Å². The van der Waals surface area contributed by atoms with E-state index in [9.17, 15) is 10.2 Å². The van der Waals surface area contributed by atoms with Crippen LogP contribution in [-0.2, 0) is 12.8 Å². The summed E-state index contributed by atoms with van der Waals surface area (Å²) in [7, 11) is 0. The number of aromatic hydroxyl groups is 2. The summed E-state index contributed by atoms with van der Waals surface area (Å²) in [5.41, 5.74) is 5.08. The smallest absolute Gasteiger partial charge is 0.124 e. The van der Waals surface area contributed by atoms with E-state index in [0.717, 1.165) is 36.5 Å². The van der Waals surface area contributed by atoms with Gasteiger partial charge < -0.3 is 10.2 Å². The van der Waals surface area contributed by atoms with Crippen molar-refractivity contribution in [2.75, 3.05) is 0 Å². The van der Waals surface area contributed by atoms with Gasteiger partial charge in [-0.25, -0.2) is 0 Å². The molecular weight excluding hydrogens is 420 g/mol. The SMILES string of the molecule is CCCc1ccc(O)c(C=Nc2cc3ccccc3cc2N=Cc2cc(CCC)ccc2O)c1. The summed E-state index contributed by atoms with van der Waals surface area (Å²) < 4.78 is 0. The molecule has 0 unspecified atom stereocenters. The number of hydrogen-bond donors (Lipinski definition) is 2. The second-order valence-electron chi connectivity index (χ2n) is 8.49. The highest BCUT2D eigenvalue weighted by Gasteiger charge is 2.06. The number of benzene rings is 4. The van der Waals surface area contributed by atoms with Gasteiger partial charge in [-0.1, -0.05) is 63.1 Å². The van der Waals surface area contributed by atoms with Gasteiger partial charge in [-0.05, 0) is 71.1 Å². The number of aryl methyl sites for hydroxylation is 2. The van der Waals surface area contributed by atoms with E-state index in [1.54, 1.807) is 24.6 Å². The molecule has 4 aromatic carbocycles. The van der Waals surface area contributed by atoms with Crippen LogP contribution in [0.1, 0.15) is 48.9 Å². The summed E-state index contributed by atoms with van der Waals surface area (Å²) in [4.78, 5) is 9.42. The number of hydrogen-bond acceptors (Lipinski definition) is 4. The Morgan fingerprint density at radius 1 is 0.618 bits per heavy atom. The van der Waals surface area contributed by atoms with Crippen molar-refractivity contribution in [3.8, 4) is 11.5 Å². The van der Waals surface area contributed by atoms with E-state index in [4.69, 9.17) is 9.98 Å². The summed E-state index contributed by atoms with van der Waals surface area (Å²) in [6, 6.07) is 23.4. The van der Waals surface area contributed by atoms with Crippen LogP contribution in [0, 0.1) is 0 Å². The van der Waals surface area contributed by atoms with Crippen LogP contribution in [0.15, 0.2) is 82.8 Å². The highest BCUT2D eigenvalue weighted by molar-refractivity contribution is 5.95. The minimum absolute atomic E-state index is 0.201. The van der Waals surface area contributed by atoms with Crippen LogP contribution in [-0.4, -0.2) is 22.6 Å². The fraction of sp³-hybridized carbons (Fsp3) is 0.200. The highest BCUT2D eigenvalue weighted by Crippen LogP contribution is 2.34. The van der Waals surface area contributed by atoms with Crippen LogP contribution in [0.25, 0.3) is 10.8 Å². The second kappa shape index (κ2) is 10.8. The highest BCUT2D eigenvalue weighted by atomic mass is 16.3. The van der Waals surface area contributed by atoms with Gasteiger partial charge in [0, 0.05) is 23.6 Å². The average molecular weight is 451 g/mol. The van der Waals surface area contributed by atoms with Gasteiger partial charge in [0.2, 0.25) is 0 Å². The number of phenols is 2. The quantitative estimate of drug-likeness (QED) is 0.271. The standard InChI is InChI=1S/C30H30N2O2/c1-3-7-21-11-13-29(33)25(15-21)19-31-27-17-23-9-5-6-10-24(23)18-28(27)32-20-26-16-22(8-4-2)12-14-30(26)34/h5-6,9-20,33-34H,3-4,7-8H2,1-2H3. The molecule has 0 spiro atoms. The molecule has 0 aliphatic carbocycles. The van der Waals surface area contributed by atoms with Crippen molar-refractivity contribution in [2.45, 2.75) is 39.5 Å². The van der Waals surface area contributed by atoms with Crippen molar-refractivity contribution in [3.63, 3.8) is 0 Å². The molecule has 4 aromatic rings. The summed E-state index contributed by atoms with van der Waals surface area (Å²) in [5.74, 6) is 0.402. The molecule has 0 aromatic heterocycles. The molecule has 0 amide bonds. The Hall–Kier alpha value is -3.92. The first-order chi connectivity index (χ1) is 16.6. The minimum Gasteiger partial charge on any atom is -0.507 e. The lowest BCUT2D eigenvalue weighted by atomic mass is 10.1. The van der Waals surface area contributed by atoms with Crippen LogP contribution >= 0.6 is 0 Å². The number of aliphatic imine (C=N–C) groups is 2. The summed E-state index contributed by atoms with van der Waals surface area (Å²) >= 11 is 0. The molecule has 2 N–H and O–H groups in total. The molecule has 0 saturated carbocycles. The Labute approximate surface area is 201 Å². The molecule has 0 fully saturated rings. The van der Waals surface area contributed by atoms with Crippen molar-refractivity contribution < 1.29 is 10.2 Å². The zero-order valence-corrected chi connectivity index (χ0v) is 19.7. The van der Waals surface area contributed by atoms with Gasteiger partial charge in [0.05, 0.1) is 11.4 Å². The van der Waals surface area contributed by atoms with Crippen LogP contribution < -0.4 is 0 Å². The first kappa shape index (κ1) is 23.2. The fourth-order valence-corrected chi connectivity index (χ4v) is 4.00. The van der Waals surface area contributed by atoms with Gasteiger partial charge in [-0.3, -0.25) is 9.98 Å². The van der Waals surface area contributed by atoms with Gasteiger partial charge in [-0.15, -0.1) is 0 Å². The van der Waals surface area contributed by atoms with Gasteiger partial charge in [0.1, 0.15) is 11.5 Å². The first-order valence-corrected chi connectivity index (χ1v) is 11.8. The lowest BCUT2D eigenvalue weighted by Crippen LogP contribution is -1.89. The molecule has 0 radical (unpaired) electrons. The van der Waals surface area contributed by atoms with Crippen LogP contribution in [0.5, 0.6) is 11.5 Å². The third-order valence-corrected chi connectivity index (χ3v) is 5.79. The van der Waals surface area contributed by atoms with E-state index in [0.29, 0.717) is 22.5 Å². The number of nitrogens with zero attached hydrogens (tertiary/aromatic N) is 2. The Balaban J connectivity index is 1.74. The summed E-state index contributed by atoms with van der Waals surface area (Å²) in [5, 5.41) is 22.8. The predicted octanol–water partition coefficient (Wildman–Crippen LogP) is 7.66. The Morgan fingerprint density at radius 2 is 1.06 bits per heavy atom. The largest absolute Gasteiger partial charge is 0.507 e. The maximum Gasteiger partial charge on any atom is 0.124 e. The number of rotatable bonds is 8. The molecule has 4 heteroatoms. The van der Waals surface area contributed by atoms with Crippen molar-refractivity contribution in [1.29, 1.82) is 0 Å². The molecule has 172 valence electrons. The van der Waals surface area contributed by atoms with Gasteiger partial charge >= 0.3 is 0 Å². The van der Waals surface area contributed by atoms with Crippen molar-refractivity contribution in [1.82, 2.24) is 0 Å². The van der Waals surface area contributed by atoms with Crippen molar-refractivity contribution in [3.05, 3.63) is 95.1 Å². The van der Waals surface area contributed by atoms with E-state index in [-0.39, 0.29) is 11.5 Å². The molecular formula is C30H30N2O2. The Morgan fingerprint density at radius 3 is 1.47 bits per heavy atom. The average Bonchev–Trinajstić information content (AvgIpc) is 2.84. The summed E-state index contributed by atoms with van der Waals surface area (Å²) in [6.07, 6.45) is 7.36. The monoisotopic (exact) mass is 450 g/mol. The Bertz CT molecular complexity index is 1250. The zero-order chi connectivity index (χ0) is 23.9. The van der Waals surface area contributed by atoms with E-state index < -0.39 is 0 Å². The molecule has 0 aliphatic heterocycles. The second-order valence-corrected chi connectivity index (χ2v) is 8.49. The van der Waals surface area contributed by atoms with Crippen molar-refractivity contribution >= 4 is 34.6 Å². The summed E-state index contributed by atoms with van der Waals surface area (Å²) in [6.45, 7) is 4.27. The molecule has 4 rings (SSSR count). The molecule has 4 nitrogen and oxygen atoms in total. The number of fused-ring (bicyclic) bond motifs is 1. The van der Waals surface area contributed by atoms with E-state index >= 15 is 0 Å². The van der Waals surface area contributed by atoms with Crippen LogP contribution in [0.2, 0.25) is 0 Å². The van der Waals surface area contributed by atoms with E-state index in [2.05, 4.69) is 13.8 Å². The lowest BCUT2D eigenvalue weighted by Gasteiger charge is -2.07. The number of phenolic OH excluding ortho intramolecular Hbond substituents is 2. The third kappa shape index (κ3) is 5.52. The molecule has 0 saturated heterocycles. The molecule has 0 atom stereocenters.